The van der Waals surface area contributed by atoms with Crippen molar-refractivity contribution in [3.8, 4) is 0 Å². The fourth-order valence-corrected chi connectivity index (χ4v) is 3.32. The molecule has 0 saturated heterocycles. The highest BCUT2D eigenvalue weighted by Crippen LogP contribution is 2.26. The van der Waals surface area contributed by atoms with Gasteiger partial charge in [-0.05, 0) is 31.0 Å². The number of aromatic nitrogens is 2. The first kappa shape index (κ1) is 18.9. The molecule has 8 nitrogen and oxygen atoms in total. The number of carbonyl (C=O) groups is 2. The normalized spacial score (nSPS) is 15.9. The standard InChI is InChI=1S/C18H19ClN4O4/c1-9-12(19)5-4-6-13(9)20-14(24)8-10-7-11-15(21-16(10)25)22(2)18(27)23(3)17(11)26/h4-6,10H,7-8H2,1-3H3,(H,20,24)(H,21,25). The van der Waals surface area contributed by atoms with E-state index in [4.69, 9.17) is 11.6 Å². The summed E-state index contributed by atoms with van der Waals surface area (Å²) in [5.74, 6) is -1.27. The average Bonchev–Trinajstić information content (AvgIpc) is 2.63. The third-order valence-corrected chi connectivity index (χ3v) is 5.20. The summed E-state index contributed by atoms with van der Waals surface area (Å²) >= 11 is 6.05. The quantitative estimate of drug-likeness (QED) is 0.821. The van der Waals surface area contributed by atoms with E-state index in [1.54, 1.807) is 25.1 Å². The van der Waals surface area contributed by atoms with E-state index in [0.29, 0.717) is 16.3 Å². The summed E-state index contributed by atoms with van der Waals surface area (Å²) in [5, 5.41) is 5.86. The minimum Gasteiger partial charge on any atom is -0.326 e. The van der Waals surface area contributed by atoms with Gasteiger partial charge in [-0.25, -0.2) is 4.79 Å². The van der Waals surface area contributed by atoms with Gasteiger partial charge >= 0.3 is 5.69 Å². The van der Waals surface area contributed by atoms with Crippen LogP contribution in [-0.2, 0) is 30.1 Å². The van der Waals surface area contributed by atoms with E-state index in [-0.39, 0.29) is 24.6 Å². The van der Waals surface area contributed by atoms with Gasteiger partial charge in [0, 0.05) is 31.2 Å². The second-order valence-electron chi connectivity index (χ2n) is 6.59. The van der Waals surface area contributed by atoms with E-state index < -0.39 is 23.1 Å². The van der Waals surface area contributed by atoms with Gasteiger partial charge in [0.15, 0.2) is 0 Å². The van der Waals surface area contributed by atoms with Crippen LogP contribution in [-0.4, -0.2) is 20.9 Å². The number of amides is 2. The predicted molar refractivity (Wildman–Crippen MR) is 102 cm³/mol. The van der Waals surface area contributed by atoms with Crippen molar-refractivity contribution in [3.05, 3.63) is 55.2 Å². The lowest BCUT2D eigenvalue weighted by atomic mass is 9.92. The first-order valence-electron chi connectivity index (χ1n) is 8.35. The van der Waals surface area contributed by atoms with Gasteiger partial charge in [0.2, 0.25) is 11.8 Å². The van der Waals surface area contributed by atoms with E-state index >= 15 is 0 Å². The molecular formula is C18H19ClN4O4. The minimum atomic E-state index is -0.706. The number of hydrogen-bond donors (Lipinski definition) is 2. The predicted octanol–water partition coefficient (Wildman–Crippen LogP) is 1.19. The zero-order chi connectivity index (χ0) is 19.9. The van der Waals surface area contributed by atoms with Gasteiger partial charge in [0.25, 0.3) is 5.56 Å². The molecule has 0 aliphatic carbocycles. The molecule has 3 rings (SSSR count). The lowest BCUT2D eigenvalue weighted by Gasteiger charge is -2.25. The third-order valence-electron chi connectivity index (χ3n) is 4.79. The maximum atomic E-state index is 12.4. The van der Waals surface area contributed by atoms with Crippen LogP contribution in [0.4, 0.5) is 11.5 Å². The van der Waals surface area contributed by atoms with Gasteiger partial charge in [0.1, 0.15) is 5.82 Å². The molecule has 2 N–H and O–H groups in total. The Labute approximate surface area is 159 Å². The molecule has 0 saturated carbocycles. The molecule has 9 heteroatoms. The molecule has 2 aromatic rings. The molecule has 0 fully saturated rings. The Kier molecular flexibility index (Phi) is 4.93. The van der Waals surface area contributed by atoms with Crippen LogP contribution in [0, 0.1) is 12.8 Å². The number of rotatable bonds is 3. The average molecular weight is 391 g/mol. The van der Waals surface area contributed by atoms with E-state index in [2.05, 4.69) is 10.6 Å². The molecule has 0 spiro atoms. The lowest BCUT2D eigenvalue weighted by molar-refractivity contribution is -0.125. The highest BCUT2D eigenvalue weighted by molar-refractivity contribution is 6.31. The largest absolute Gasteiger partial charge is 0.332 e. The van der Waals surface area contributed by atoms with Crippen molar-refractivity contribution in [2.24, 2.45) is 20.0 Å². The first-order chi connectivity index (χ1) is 12.7. The fraction of sp³-hybridized carbons (Fsp3) is 0.333. The van der Waals surface area contributed by atoms with E-state index in [1.165, 1.54) is 18.7 Å². The van der Waals surface area contributed by atoms with Gasteiger partial charge in [-0.15, -0.1) is 0 Å². The fourth-order valence-electron chi connectivity index (χ4n) is 3.15. The van der Waals surface area contributed by atoms with Crippen molar-refractivity contribution < 1.29 is 9.59 Å². The molecule has 0 bridgehead atoms. The number of fused-ring (bicyclic) bond motifs is 1. The Morgan fingerprint density at radius 3 is 2.67 bits per heavy atom. The molecule has 1 atom stereocenters. The number of hydrogen-bond acceptors (Lipinski definition) is 4. The molecule has 1 aromatic heterocycles. The second kappa shape index (κ2) is 7.03. The first-order valence-corrected chi connectivity index (χ1v) is 8.73. The SMILES string of the molecule is Cc1c(Cl)cccc1NC(=O)CC1Cc2c(n(C)c(=O)n(C)c2=O)NC1=O. The van der Waals surface area contributed by atoms with Gasteiger partial charge in [-0.1, -0.05) is 17.7 Å². The van der Waals surface area contributed by atoms with Gasteiger partial charge in [-0.2, -0.15) is 0 Å². The Morgan fingerprint density at radius 2 is 1.96 bits per heavy atom. The molecule has 1 unspecified atom stereocenters. The maximum Gasteiger partial charge on any atom is 0.332 e. The number of nitrogens with zero attached hydrogens (tertiary/aromatic N) is 2. The summed E-state index contributed by atoms with van der Waals surface area (Å²) in [6.45, 7) is 1.78. The molecule has 1 aromatic carbocycles. The molecule has 2 heterocycles. The Morgan fingerprint density at radius 1 is 1.26 bits per heavy atom. The summed E-state index contributed by atoms with van der Waals surface area (Å²) in [6.07, 6.45) is -0.00682. The number of nitrogens with one attached hydrogen (secondary N) is 2. The van der Waals surface area contributed by atoms with Crippen LogP contribution in [0.5, 0.6) is 0 Å². The smallest absolute Gasteiger partial charge is 0.326 e. The van der Waals surface area contributed by atoms with E-state index in [9.17, 15) is 19.2 Å². The van der Waals surface area contributed by atoms with Gasteiger partial charge < -0.3 is 10.6 Å². The number of carbonyl (C=O) groups excluding carboxylic acids is 2. The summed E-state index contributed by atoms with van der Waals surface area (Å²) in [7, 11) is 2.86. The van der Waals surface area contributed by atoms with Crippen molar-refractivity contribution in [1.29, 1.82) is 0 Å². The summed E-state index contributed by atoms with van der Waals surface area (Å²) in [6, 6.07) is 5.16. The molecule has 0 radical (unpaired) electrons. The van der Waals surface area contributed by atoms with Crippen LogP contribution >= 0.6 is 11.6 Å². The van der Waals surface area contributed by atoms with Crippen LogP contribution < -0.4 is 21.9 Å². The minimum absolute atomic E-state index is 0.0872. The molecular weight excluding hydrogens is 372 g/mol. The van der Waals surface area contributed by atoms with Crippen LogP contribution in [0.2, 0.25) is 5.02 Å². The topological polar surface area (TPSA) is 102 Å². The summed E-state index contributed by atoms with van der Waals surface area (Å²) < 4.78 is 2.21. The van der Waals surface area contributed by atoms with Gasteiger partial charge in [0.05, 0.1) is 11.5 Å². The van der Waals surface area contributed by atoms with Gasteiger partial charge in [-0.3, -0.25) is 23.5 Å². The van der Waals surface area contributed by atoms with Crippen molar-refractivity contribution in [3.63, 3.8) is 0 Å². The van der Waals surface area contributed by atoms with E-state index in [1.807, 2.05) is 0 Å². The lowest BCUT2D eigenvalue weighted by Crippen LogP contribution is -2.45. The monoisotopic (exact) mass is 390 g/mol. The Balaban J connectivity index is 1.83. The number of benzene rings is 1. The van der Waals surface area contributed by atoms with E-state index in [0.717, 1.165) is 10.1 Å². The van der Waals surface area contributed by atoms with Crippen LogP contribution in [0.25, 0.3) is 0 Å². The zero-order valence-corrected chi connectivity index (χ0v) is 15.9. The molecule has 1 aliphatic rings. The maximum absolute atomic E-state index is 12.4. The Bertz CT molecular complexity index is 1070. The molecule has 1 aliphatic heterocycles. The third kappa shape index (κ3) is 3.40. The molecule has 142 valence electrons. The molecule has 27 heavy (non-hydrogen) atoms. The van der Waals surface area contributed by atoms with Crippen molar-refractivity contribution in [1.82, 2.24) is 9.13 Å². The summed E-state index contributed by atoms with van der Waals surface area (Å²) in [4.78, 5) is 49.2. The van der Waals surface area contributed by atoms with Crippen molar-refractivity contribution >= 4 is 34.9 Å². The molecule has 2 amide bonds. The highest BCUT2D eigenvalue weighted by atomic mass is 35.5. The Hall–Kier alpha value is -2.87. The number of halogens is 1. The second-order valence-corrected chi connectivity index (χ2v) is 7.00. The van der Waals surface area contributed by atoms with Crippen LogP contribution in [0.1, 0.15) is 17.5 Å². The highest BCUT2D eigenvalue weighted by Gasteiger charge is 2.32. The zero-order valence-electron chi connectivity index (χ0n) is 15.1. The summed E-state index contributed by atoms with van der Waals surface area (Å²) in [5.41, 5.74) is 0.629. The van der Waals surface area contributed by atoms with Crippen LogP contribution in [0.3, 0.4) is 0 Å². The van der Waals surface area contributed by atoms with Crippen LogP contribution in [0.15, 0.2) is 27.8 Å². The number of anilines is 2. The van der Waals surface area contributed by atoms with Crippen molar-refractivity contribution in [2.45, 2.75) is 19.8 Å². The van der Waals surface area contributed by atoms with Crippen molar-refractivity contribution in [2.75, 3.05) is 10.6 Å².